The second-order valence-electron chi connectivity index (χ2n) is 4.03. The number of carboxylic acids is 1. The predicted molar refractivity (Wildman–Crippen MR) is 63.5 cm³/mol. The number of aromatic carboxylic acids is 1. The third-order valence-corrected chi connectivity index (χ3v) is 2.90. The number of rotatable bonds is 2. The molecule has 0 saturated carbocycles. The van der Waals surface area contributed by atoms with Gasteiger partial charge in [-0.3, -0.25) is 0 Å². The summed E-state index contributed by atoms with van der Waals surface area (Å²) < 4.78 is 10.6. The largest absolute Gasteiger partial charge is 0.495 e. The van der Waals surface area contributed by atoms with Crippen molar-refractivity contribution in [3.8, 4) is 11.5 Å². The first-order valence-electron chi connectivity index (χ1n) is 5.35. The van der Waals surface area contributed by atoms with Gasteiger partial charge in [0.25, 0.3) is 0 Å². The number of ether oxygens (including phenoxy) is 2. The van der Waals surface area contributed by atoms with Gasteiger partial charge in [-0.1, -0.05) is 0 Å². The van der Waals surface area contributed by atoms with Gasteiger partial charge in [-0.25, -0.2) is 4.79 Å². The standard InChI is InChI=1S/C12H15NO4/c1-7-6-8-11(17-5-4-13(8)2)9(12(14)15)10(7)16-3/h6H,4-5H2,1-3H3,(H,14,15). The number of carboxylic acid groups (broad SMARTS) is 1. The molecule has 2 rings (SSSR count). The molecule has 0 amide bonds. The Bertz CT molecular complexity index is 470. The van der Waals surface area contributed by atoms with Crippen molar-refractivity contribution in [3.63, 3.8) is 0 Å². The summed E-state index contributed by atoms with van der Waals surface area (Å²) in [6, 6.07) is 1.89. The molecule has 0 saturated heterocycles. The van der Waals surface area contributed by atoms with E-state index in [1.54, 1.807) is 0 Å². The van der Waals surface area contributed by atoms with Crippen LogP contribution in [0.2, 0.25) is 0 Å². The fraction of sp³-hybridized carbons (Fsp3) is 0.417. The summed E-state index contributed by atoms with van der Waals surface area (Å²) in [5, 5.41) is 9.28. The van der Waals surface area contributed by atoms with Crippen LogP contribution in [0.25, 0.3) is 0 Å². The Kier molecular flexibility index (Phi) is 2.83. The fourth-order valence-electron chi connectivity index (χ4n) is 2.06. The number of aryl methyl sites for hydroxylation is 1. The van der Waals surface area contributed by atoms with Gasteiger partial charge in [0.05, 0.1) is 19.3 Å². The molecule has 0 unspecified atom stereocenters. The van der Waals surface area contributed by atoms with Gasteiger partial charge in [0, 0.05) is 7.05 Å². The molecule has 0 aromatic heterocycles. The van der Waals surface area contributed by atoms with Crippen molar-refractivity contribution >= 4 is 11.7 Å². The van der Waals surface area contributed by atoms with Crippen LogP contribution in [0, 0.1) is 6.92 Å². The van der Waals surface area contributed by atoms with E-state index in [0.29, 0.717) is 18.1 Å². The van der Waals surface area contributed by atoms with Gasteiger partial charge in [0.2, 0.25) is 0 Å². The average Bonchev–Trinajstić information content (AvgIpc) is 2.28. The summed E-state index contributed by atoms with van der Waals surface area (Å²) in [6.07, 6.45) is 0. The minimum atomic E-state index is -1.03. The topological polar surface area (TPSA) is 59.0 Å². The van der Waals surface area contributed by atoms with Crippen molar-refractivity contribution in [2.24, 2.45) is 0 Å². The molecule has 0 spiro atoms. The zero-order valence-electron chi connectivity index (χ0n) is 10.1. The van der Waals surface area contributed by atoms with Crippen LogP contribution in [0.15, 0.2) is 6.07 Å². The number of hydrogen-bond donors (Lipinski definition) is 1. The SMILES string of the molecule is COc1c(C)cc2c(c1C(=O)O)OCCN2C. The van der Waals surface area contributed by atoms with Crippen molar-refractivity contribution in [3.05, 3.63) is 17.2 Å². The van der Waals surface area contributed by atoms with Crippen LogP contribution in [0.4, 0.5) is 5.69 Å². The van der Waals surface area contributed by atoms with E-state index in [1.165, 1.54) is 7.11 Å². The van der Waals surface area contributed by atoms with Gasteiger partial charge < -0.3 is 19.5 Å². The van der Waals surface area contributed by atoms with Gasteiger partial charge in [-0.15, -0.1) is 0 Å². The monoisotopic (exact) mass is 237 g/mol. The molecule has 1 aromatic rings. The predicted octanol–water partition coefficient (Wildman–Crippen LogP) is 1.53. The number of benzene rings is 1. The summed E-state index contributed by atoms with van der Waals surface area (Å²) in [4.78, 5) is 13.3. The molecule has 1 aliphatic heterocycles. The fourth-order valence-corrected chi connectivity index (χ4v) is 2.06. The van der Waals surface area contributed by atoms with Gasteiger partial charge in [-0.2, -0.15) is 0 Å². The van der Waals surface area contributed by atoms with E-state index in [9.17, 15) is 9.90 Å². The molecule has 5 heteroatoms. The summed E-state index contributed by atoms with van der Waals surface area (Å²) in [5.74, 6) is -0.266. The quantitative estimate of drug-likeness (QED) is 0.845. The molecule has 1 aliphatic rings. The lowest BCUT2D eigenvalue weighted by molar-refractivity contribution is 0.0688. The molecule has 0 aliphatic carbocycles. The molecule has 0 fully saturated rings. The van der Waals surface area contributed by atoms with E-state index in [2.05, 4.69) is 0 Å². The Labute approximate surface area is 99.6 Å². The lowest BCUT2D eigenvalue weighted by Crippen LogP contribution is -2.30. The van der Waals surface area contributed by atoms with Gasteiger partial charge >= 0.3 is 5.97 Å². The smallest absolute Gasteiger partial charge is 0.343 e. The molecule has 5 nitrogen and oxygen atoms in total. The highest BCUT2D eigenvalue weighted by Gasteiger charge is 2.27. The van der Waals surface area contributed by atoms with Crippen LogP contribution < -0.4 is 14.4 Å². The maximum absolute atomic E-state index is 11.3. The first-order chi connectivity index (χ1) is 8.06. The molecule has 0 bridgehead atoms. The molecular weight excluding hydrogens is 222 g/mol. The number of likely N-dealkylation sites (N-methyl/N-ethyl adjacent to an activating group) is 1. The minimum Gasteiger partial charge on any atom is -0.495 e. The van der Waals surface area contributed by atoms with E-state index in [-0.39, 0.29) is 5.56 Å². The summed E-state index contributed by atoms with van der Waals surface area (Å²) in [6.45, 7) is 3.06. The maximum Gasteiger partial charge on any atom is 0.343 e. The highest BCUT2D eigenvalue weighted by molar-refractivity contribution is 5.97. The third kappa shape index (κ3) is 1.77. The molecule has 17 heavy (non-hydrogen) atoms. The number of fused-ring (bicyclic) bond motifs is 1. The first-order valence-corrected chi connectivity index (χ1v) is 5.35. The van der Waals surface area contributed by atoms with Crippen LogP contribution in [-0.2, 0) is 0 Å². The van der Waals surface area contributed by atoms with Crippen LogP contribution >= 0.6 is 0 Å². The Balaban J connectivity index is 2.72. The van der Waals surface area contributed by atoms with E-state index < -0.39 is 5.97 Å². The highest BCUT2D eigenvalue weighted by atomic mass is 16.5. The number of methoxy groups -OCH3 is 1. The van der Waals surface area contributed by atoms with Crippen LogP contribution in [-0.4, -0.2) is 38.4 Å². The number of carbonyl (C=O) groups is 1. The normalized spacial score (nSPS) is 13.9. The minimum absolute atomic E-state index is 0.106. The Morgan fingerprint density at radius 1 is 1.59 bits per heavy atom. The number of hydrogen-bond acceptors (Lipinski definition) is 4. The van der Waals surface area contributed by atoms with E-state index in [0.717, 1.165) is 17.8 Å². The Hall–Kier alpha value is -1.91. The van der Waals surface area contributed by atoms with Gasteiger partial charge in [0.15, 0.2) is 5.75 Å². The Morgan fingerprint density at radius 3 is 2.88 bits per heavy atom. The highest BCUT2D eigenvalue weighted by Crippen LogP contribution is 2.41. The van der Waals surface area contributed by atoms with Crippen molar-refractivity contribution in [1.82, 2.24) is 0 Å². The summed E-state index contributed by atoms with van der Waals surface area (Å²) in [5.41, 5.74) is 1.70. The molecule has 0 radical (unpaired) electrons. The molecule has 0 atom stereocenters. The zero-order valence-corrected chi connectivity index (χ0v) is 10.1. The van der Waals surface area contributed by atoms with Crippen molar-refractivity contribution in [2.45, 2.75) is 6.92 Å². The second kappa shape index (κ2) is 4.16. The van der Waals surface area contributed by atoms with Crippen LogP contribution in [0.5, 0.6) is 11.5 Å². The van der Waals surface area contributed by atoms with Gasteiger partial charge in [0.1, 0.15) is 17.9 Å². The zero-order chi connectivity index (χ0) is 12.6. The first kappa shape index (κ1) is 11.6. The maximum atomic E-state index is 11.3. The molecular formula is C12H15NO4. The number of anilines is 1. The van der Waals surface area contributed by atoms with Crippen molar-refractivity contribution in [1.29, 1.82) is 0 Å². The lowest BCUT2D eigenvalue weighted by Gasteiger charge is -2.29. The summed E-state index contributed by atoms with van der Waals surface area (Å²) >= 11 is 0. The summed E-state index contributed by atoms with van der Waals surface area (Å²) in [7, 11) is 3.38. The molecule has 1 heterocycles. The average molecular weight is 237 g/mol. The molecule has 1 N–H and O–H groups in total. The molecule has 92 valence electrons. The lowest BCUT2D eigenvalue weighted by atomic mass is 10.0. The Morgan fingerprint density at radius 2 is 2.29 bits per heavy atom. The van der Waals surface area contributed by atoms with Crippen LogP contribution in [0.1, 0.15) is 15.9 Å². The third-order valence-electron chi connectivity index (χ3n) is 2.90. The van der Waals surface area contributed by atoms with Crippen molar-refractivity contribution < 1.29 is 19.4 Å². The van der Waals surface area contributed by atoms with Crippen molar-refractivity contribution in [2.75, 3.05) is 32.2 Å². The van der Waals surface area contributed by atoms with E-state index in [4.69, 9.17) is 9.47 Å². The van der Waals surface area contributed by atoms with Gasteiger partial charge in [-0.05, 0) is 18.6 Å². The second-order valence-corrected chi connectivity index (χ2v) is 4.03. The number of nitrogens with zero attached hydrogens (tertiary/aromatic N) is 1. The molecule has 1 aromatic carbocycles. The van der Waals surface area contributed by atoms with E-state index >= 15 is 0 Å². The van der Waals surface area contributed by atoms with Crippen LogP contribution in [0.3, 0.4) is 0 Å². The van der Waals surface area contributed by atoms with E-state index in [1.807, 2.05) is 24.9 Å².